The molecule has 0 unspecified atom stereocenters. The molecule has 2 nitrogen and oxygen atoms in total. The molecule has 0 saturated heterocycles. The zero-order valence-electron chi connectivity index (χ0n) is 4.48. The Morgan fingerprint density at radius 2 is 2.29 bits per heavy atom. The SMILES string of the molecule is CN=C(N)[C@@H](C)Cl. The maximum absolute atomic E-state index is 5.47. The van der Waals surface area contributed by atoms with Gasteiger partial charge in [-0.25, -0.2) is 0 Å². The minimum Gasteiger partial charge on any atom is -0.386 e. The first-order chi connectivity index (χ1) is 3.18. The van der Waals surface area contributed by atoms with Crippen LogP contribution in [0.15, 0.2) is 4.99 Å². The second-order valence-electron chi connectivity index (χ2n) is 1.26. The largest absolute Gasteiger partial charge is 0.386 e. The summed E-state index contributed by atoms with van der Waals surface area (Å²) in [6.07, 6.45) is 0. The molecule has 0 aliphatic rings. The average Bonchev–Trinajstić information content (AvgIpc) is 1.65. The van der Waals surface area contributed by atoms with Crippen LogP contribution in [0.4, 0.5) is 0 Å². The van der Waals surface area contributed by atoms with Crippen molar-refractivity contribution < 1.29 is 0 Å². The van der Waals surface area contributed by atoms with Crippen molar-refractivity contribution in [2.45, 2.75) is 12.3 Å². The Balaban J connectivity index is 3.56. The van der Waals surface area contributed by atoms with Crippen molar-refractivity contribution in [3.05, 3.63) is 0 Å². The molecule has 7 heavy (non-hydrogen) atoms. The van der Waals surface area contributed by atoms with Gasteiger partial charge in [-0.05, 0) is 6.92 Å². The molecule has 0 aromatic carbocycles. The quantitative estimate of drug-likeness (QED) is 0.307. The van der Waals surface area contributed by atoms with Gasteiger partial charge in [-0.2, -0.15) is 0 Å². The van der Waals surface area contributed by atoms with Crippen LogP contribution in [0.1, 0.15) is 6.92 Å². The minimum absolute atomic E-state index is 0.134. The van der Waals surface area contributed by atoms with Crippen molar-refractivity contribution in [1.82, 2.24) is 0 Å². The molecule has 0 aromatic heterocycles. The highest BCUT2D eigenvalue weighted by Gasteiger charge is 1.96. The highest BCUT2D eigenvalue weighted by molar-refractivity contribution is 6.31. The van der Waals surface area contributed by atoms with E-state index < -0.39 is 0 Å². The van der Waals surface area contributed by atoms with Crippen molar-refractivity contribution in [2.75, 3.05) is 7.05 Å². The van der Waals surface area contributed by atoms with E-state index in [0.717, 1.165) is 0 Å². The number of alkyl halides is 1. The standard InChI is InChI=1S/C4H9ClN2/c1-3(5)4(6)7-2/h3H,1-2H3,(H2,6,7)/t3-/m1/s1. The fourth-order valence-corrected chi connectivity index (χ4v) is 0.275. The lowest BCUT2D eigenvalue weighted by Crippen LogP contribution is -2.20. The Morgan fingerprint density at radius 1 is 1.86 bits per heavy atom. The van der Waals surface area contributed by atoms with Gasteiger partial charge in [-0.3, -0.25) is 4.99 Å². The second-order valence-corrected chi connectivity index (χ2v) is 1.92. The summed E-state index contributed by atoms with van der Waals surface area (Å²) in [4.78, 5) is 3.65. The van der Waals surface area contributed by atoms with Crippen molar-refractivity contribution in [1.29, 1.82) is 0 Å². The number of hydrogen-bond acceptors (Lipinski definition) is 1. The molecule has 0 fully saturated rings. The third kappa shape index (κ3) is 2.45. The lowest BCUT2D eigenvalue weighted by atomic mass is 10.4. The molecular formula is C4H9ClN2. The van der Waals surface area contributed by atoms with Crippen LogP contribution in [0.3, 0.4) is 0 Å². The summed E-state index contributed by atoms with van der Waals surface area (Å²) in [7, 11) is 1.62. The Morgan fingerprint density at radius 3 is 2.29 bits per heavy atom. The van der Waals surface area contributed by atoms with Gasteiger partial charge >= 0.3 is 0 Å². The molecule has 42 valence electrons. The number of amidine groups is 1. The van der Waals surface area contributed by atoms with E-state index in [-0.39, 0.29) is 5.38 Å². The molecule has 0 aliphatic carbocycles. The number of aliphatic imine (C=N–C) groups is 1. The Hall–Kier alpha value is -0.240. The van der Waals surface area contributed by atoms with Crippen molar-refractivity contribution in [3.63, 3.8) is 0 Å². The fraction of sp³-hybridized carbons (Fsp3) is 0.750. The lowest BCUT2D eigenvalue weighted by molar-refractivity contribution is 1.22. The number of nitrogens with zero attached hydrogens (tertiary/aromatic N) is 1. The number of nitrogens with two attached hydrogens (primary N) is 1. The molecule has 0 radical (unpaired) electrons. The maximum atomic E-state index is 5.47. The van der Waals surface area contributed by atoms with Gasteiger partial charge in [0.25, 0.3) is 0 Å². The molecule has 0 aromatic rings. The van der Waals surface area contributed by atoms with Gasteiger partial charge in [0.15, 0.2) is 0 Å². The summed E-state index contributed by atoms with van der Waals surface area (Å²) in [5.41, 5.74) is 5.23. The molecule has 0 heterocycles. The van der Waals surface area contributed by atoms with Gasteiger partial charge in [-0.15, -0.1) is 11.6 Å². The van der Waals surface area contributed by atoms with E-state index in [1.165, 1.54) is 0 Å². The number of hydrogen-bond donors (Lipinski definition) is 1. The van der Waals surface area contributed by atoms with Crippen LogP contribution in [0.5, 0.6) is 0 Å². The summed E-state index contributed by atoms with van der Waals surface area (Å²) in [5.74, 6) is 0.488. The third-order valence-electron chi connectivity index (χ3n) is 0.666. The van der Waals surface area contributed by atoms with E-state index >= 15 is 0 Å². The summed E-state index contributed by atoms with van der Waals surface area (Å²) >= 11 is 5.47. The van der Waals surface area contributed by atoms with Crippen LogP contribution in [-0.2, 0) is 0 Å². The van der Waals surface area contributed by atoms with Crippen LogP contribution in [0.25, 0.3) is 0 Å². The molecule has 3 heteroatoms. The van der Waals surface area contributed by atoms with E-state index in [2.05, 4.69) is 4.99 Å². The van der Waals surface area contributed by atoms with Gasteiger partial charge in [0.1, 0.15) is 5.84 Å². The second kappa shape index (κ2) is 2.86. The predicted octanol–water partition coefficient (Wildman–Crippen LogP) is 0.601. The van der Waals surface area contributed by atoms with E-state index in [0.29, 0.717) is 5.84 Å². The van der Waals surface area contributed by atoms with Crippen molar-refractivity contribution in [3.8, 4) is 0 Å². The molecular weight excluding hydrogens is 112 g/mol. The molecule has 1 atom stereocenters. The summed E-state index contributed by atoms with van der Waals surface area (Å²) in [6.45, 7) is 1.78. The summed E-state index contributed by atoms with van der Waals surface area (Å²) in [5, 5.41) is -0.134. The first-order valence-electron chi connectivity index (χ1n) is 2.04. The zero-order chi connectivity index (χ0) is 5.86. The average molecular weight is 121 g/mol. The van der Waals surface area contributed by atoms with Crippen LogP contribution >= 0.6 is 11.6 Å². The first kappa shape index (κ1) is 6.76. The van der Waals surface area contributed by atoms with Crippen LogP contribution in [0, 0.1) is 0 Å². The predicted molar refractivity (Wildman–Crippen MR) is 32.9 cm³/mol. The van der Waals surface area contributed by atoms with E-state index in [1.807, 2.05) is 0 Å². The Labute approximate surface area is 48.4 Å². The van der Waals surface area contributed by atoms with Crippen LogP contribution in [-0.4, -0.2) is 18.3 Å². The Bertz CT molecular complexity index is 77.8. The molecule has 0 spiro atoms. The summed E-state index contributed by atoms with van der Waals surface area (Å²) in [6, 6.07) is 0. The monoisotopic (exact) mass is 120 g/mol. The topological polar surface area (TPSA) is 38.4 Å². The van der Waals surface area contributed by atoms with Crippen LogP contribution in [0.2, 0.25) is 0 Å². The number of halogens is 1. The minimum atomic E-state index is -0.134. The molecule has 0 saturated carbocycles. The van der Waals surface area contributed by atoms with Crippen molar-refractivity contribution >= 4 is 17.4 Å². The van der Waals surface area contributed by atoms with E-state index in [1.54, 1.807) is 14.0 Å². The van der Waals surface area contributed by atoms with E-state index in [4.69, 9.17) is 17.3 Å². The van der Waals surface area contributed by atoms with Gasteiger partial charge < -0.3 is 5.73 Å². The third-order valence-corrected chi connectivity index (χ3v) is 0.889. The Kier molecular flexibility index (Phi) is 2.76. The molecule has 2 N–H and O–H groups in total. The highest BCUT2D eigenvalue weighted by Crippen LogP contribution is 1.90. The van der Waals surface area contributed by atoms with Crippen LogP contribution < -0.4 is 5.73 Å². The smallest absolute Gasteiger partial charge is 0.111 e. The molecule has 0 rings (SSSR count). The molecule has 0 amide bonds. The molecule has 0 aliphatic heterocycles. The number of rotatable bonds is 1. The van der Waals surface area contributed by atoms with Gasteiger partial charge in [0, 0.05) is 7.05 Å². The van der Waals surface area contributed by atoms with Gasteiger partial charge in [-0.1, -0.05) is 0 Å². The van der Waals surface area contributed by atoms with Gasteiger partial charge in [0.2, 0.25) is 0 Å². The lowest BCUT2D eigenvalue weighted by Gasteiger charge is -1.96. The van der Waals surface area contributed by atoms with Crippen molar-refractivity contribution in [2.24, 2.45) is 10.7 Å². The normalized spacial score (nSPS) is 16.7. The van der Waals surface area contributed by atoms with E-state index in [9.17, 15) is 0 Å². The first-order valence-corrected chi connectivity index (χ1v) is 2.48. The van der Waals surface area contributed by atoms with Gasteiger partial charge in [0.05, 0.1) is 5.38 Å². The maximum Gasteiger partial charge on any atom is 0.111 e. The fourth-order valence-electron chi connectivity index (χ4n) is 0.178. The molecule has 0 bridgehead atoms. The summed E-state index contributed by atoms with van der Waals surface area (Å²) < 4.78 is 0. The highest BCUT2D eigenvalue weighted by atomic mass is 35.5. The zero-order valence-corrected chi connectivity index (χ0v) is 5.24.